The molecule has 0 rings (SSSR count). The number of thioether (sulfide) groups is 1. The van der Waals surface area contributed by atoms with Gasteiger partial charge in [-0.15, -0.1) is 0 Å². The third kappa shape index (κ3) is 13.7. The van der Waals surface area contributed by atoms with Crippen molar-refractivity contribution in [1.29, 1.82) is 0 Å². The molecule has 0 atom stereocenters. The van der Waals surface area contributed by atoms with Gasteiger partial charge in [-0.2, -0.15) is 11.8 Å². The molecule has 0 fully saturated rings. The summed E-state index contributed by atoms with van der Waals surface area (Å²) in [6.45, 7) is 1.83. The van der Waals surface area contributed by atoms with Crippen LogP contribution in [0.5, 0.6) is 0 Å². The van der Waals surface area contributed by atoms with Gasteiger partial charge in [0.15, 0.2) is 0 Å². The first-order valence-electron chi connectivity index (χ1n) is 5.12. The first kappa shape index (κ1) is 14.7. The van der Waals surface area contributed by atoms with E-state index < -0.39 is 6.43 Å². The average molecular weight is 240 g/mol. The molecule has 0 aliphatic carbocycles. The van der Waals surface area contributed by atoms with Crippen LogP contribution in [0.4, 0.5) is 8.78 Å². The van der Waals surface area contributed by atoms with Crippen LogP contribution >= 0.6 is 11.8 Å². The molecule has 5 heteroatoms. The van der Waals surface area contributed by atoms with Crippen molar-refractivity contribution in [3.63, 3.8) is 0 Å². The lowest BCUT2D eigenvalue weighted by Gasteiger charge is -2.02. The Balaban J connectivity index is 2.96. The molecule has 0 aliphatic rings. The molecular weight excluding hydrogens is 222 g/mol. The number of esters is 1. The van der Waals surface area contributed by atoms with E-state index in [4.69, 9.17) is 4.74 Å². The molecule has 0 heterocycles. The Morgan fingerprint density at radius 2 is 2.00 bits per heavy atom. The van der Waals surface area contributed by atoms with Gasteiger partial charge in [0.05, 0.1) is 0 Å². The van der Waals surface area contributed by atoms with E-state index in [1.54, 1.807) is 11.8 Å². The largest absolute Gasteiger partial charge is 0.465 e. The summed E-state index contributed by atoms with van der Waals surface area (Å²) in [5.41, 5.74) is 0. The lowest BCUT2D eigenvalue weighted by atomic mass is 10.2. The van der Waals surface area contributed by atoms with Crippen molar-refractivity contribution in [2.75, 3.05) is 18.1 Å². The van der Waals surface area contributed by atoms with Gasteiger partial charge in [-0.25, -0.2) is 8.78 Å². The van der Waals surface area contributed by atoms with Crippen molar-refractivity contribution in [3.05, 3.63) is 0 Å². The van der Waals surface area contributed by atoms with Crippen molar-refractivity contribution in [2.24, 2.45) is 0 Å². The quantitative estimate of drug-likeness (QED) is 0.457. The predicted octanol–water partition coefficient (Wildman–Crippen LogP) is 3.11. The van der Waals surface area contributed by atoms with Crippen LogP contribution in [-0.2, 0) is 9.53 Å². The Morgan fingerprint density at radius 1 is 1.27 bits per heavy atom. The van der Waals surface area contributed by atoms with Crippen LogP contribution in [0.3, 0.4) is 0 Å². The Hall–Kier alpha value is -0.320. The molecule has 0 aromatic rings. The summed E-state index contributed by atoms with van der Waals surface area (Å²) in [6, 6.07) is 0. The third-order valence-corrected chi connectivity index (χ3v) is 2.78. The SMILES string of the molecule is CC(=O)OCCSCCCCCC(F)F. The van der Waals surface area contributed by atoms with E-state index in [0.29, 0.717) is 13.0 Å². The minimum absolute atomic E-state index is 0.0120. The molecule has 0 aliphatic heterocycles. The molecule has 0 saturated heterocycles. The molecule has 0 saturated carbocycles. The predicted molar refractivity (Wildman–Crippen MR) is 58.4 cm³/mol. The molecule has 0 aromatic heterocycles. The highest BCUT2D eigenvalue weighted by molar-refractivity contribution is 7.99. The number of rotatable bonds is 9. The smallest absolute Gasteiger partial charge is 0.302 e. The van der Waals surface area contributed by atoms with E-state index in [9.17, 15) is 13.6 Å². The van der Waals surface area contributed by atoms with Crippen molar-refractivity contribution < 1.29 is 18.3 Å². The Morgan fingerprint density at radius 3 is 2.60 bits per heavy atom. The van der Waals surface area contributed by atoms with Gasteiger partial charge in [0.2, 0.25) is 6.43 Å². The molecule has 0 N–H and O–H groups in total. The summed E-state index contributed by atoms with van der Waals surface area (Å²) in [4.78, 5) is 10.4. The zero-order valence-corrected chi connectivity index (χ0v) is 9.82. The second kappa shape index (κ2) is 10.2. The van der Waals surface area contributed by atoms with Gasteiger partial charge < -0.3 is 4.74 Å². The summed E-state index contributed by atoms with van der Waals surface area (Å²) < 4.78 is 28.2. The van der Waals surface area contributed by atoms with Gasteiger partial charge in [-0.05, 0) is 18.6 Å². The van der Waals surface area contributed by atoms with Gasteiger partial charge in [-0.3, -0.25) is 4.79 Å². The highest BCUT2D eigenvalue weighted by atomic mass is 32.2. The molecule has 0 bridgehead atoms. The number of hydrogen-bond acceptors (Lipinski definition) is 3. The number of ether oxygens (including phenoxy) is 1. The number of halogens is 2. The minimum Gasteiger partial charge on any atom is -0.465 e. The molecule has 0 amide bonds. The van der Waals surface area contributed by atoms with Crippen molar-refractivity contribution in [2.45, 2.75) is 39.0 Å². The molecule has 90 valence electrons. The lowest BCUT2D eigenvalue weighted by Crippen LogP contribution is -2.02. The Kier molecular flexibility index (Phi) is 9.99. The van der Waals surface area contributed by atoms with E-state index in [1.807, 2.05) is 0 Å². The zero-order valence-electron chi connectivity index (χ0n) is 9.01. The maximum atomic E-state index is 11.7. The van der Waals surface area contributed by atoms with Crippen LogP contribution in [0.15, 0.2) is 0 Å². The zero-order chi connectivity index (χ0) is 11.5. The number of carbonyl (C=O) groups excluding carboxylic acids is 1. The molecule has 15 heavy (non-hydrogen) atoms. The number of alkyl halides is 2. The van der Waals surface area contributed by atoms with Crippen LogP contribution in [0.1, 0.15) is 32.6 Å². The summed E-state index contributed by atoms with van der Waals surface area (Å²) in [7, 11) is 0. The average Bonchev–Trinajstić information content (AvgIpc) is 2.14. The van der Waals surface area contributed by atoms with Crippen LogP contribution < -0.4 is 0 Å². The van der Waals surface area contributed by atoms with E-state index in [0.717, 1.165) is 24.3 Å². The van der Waals surface area contributed by atoms with Gasteiger partial charge >= 0.3 is 5.97 Å². The van der Waals surface area contributed by atoms with E-state index in [1.165, 1.54) is 6.92 Å². The van der Waals surface area contributed by atoms with Crippen LogP contribution in [0, 0.1) is 0 Å². The fourth-order valence-electron chi connectivity index (χ4n) is 1.03. The fraction of sp³-hybridized carbons (Fsp3) is 0.900. The number of hydrogen-bond donors (Lipinski definition) is 0. The number of carbonyl (C=O) groups is 1. The molecule has 0 spiro atoms. The summed E-state index contributed by atoms with van der Waals surface area (Å²) in [5, 5.41) is 0. The minimum atomic E-state index is -2.17. The van der Waals surface area contributed by atoms with E-state index in [-0.39, 0.29) is 12.4 Å². The molecule has 2 nitrogen and oxygen atoms in total. The van der Waals surface area contributed by atoms with E-state index in [2.05, 4.69) is 0 Å². The summed E-state index contributed by atoms with van der Waals surface area (Å²) in [6.07, 6.45) is 0.254. The second-order valence-corrected chi connectivity index (χ2v) is 4.42. The van der Waals surface area contributed by atoms with Crippen molar-refractivity contribution in [1.82, 2.24) is 0 Å². The molecular formula is C10H18F2O2S. The topological polar surface area (TPSA) is 26.3 Å². The highest BCUT2D eigenvalue weighted by Gasteiger charge is 2.00. The first-order valence-corrected chi connectivity index (χ1v) is 6.27. The summed E-state index contributed by atoms with van der Waals surface area (Å²) in [5.74, 6) is 1.48. The lowest BCUT2D eigenvalue weighted by molar-refractivity contribution is -0.140. The Labute approximate surface area is 93.8 Å². The number of unbranched alkanes of at least 4 members (excludes halogenated alkanes) is 2. The van der Waals surface area contributed by atoms with Gasteiger partial charge in [0, 0.05) is 19.1 Å². The third-order valence-electron chi connectivity index (χ3n) is 1.74. The van der Waals surface area contributed by atoms with Crippen LogP contribution in [-0.4, -0.2) is 30.5 Å². The summed E-state index contributed by atoms with van der Waals surface area (Å²) >= 11 is 1.69. The molecule has 0 unspecified atom stereocenters. The fourth-order valence-corrected chi connectivity index (χ4v) is 1.84. The normalized spacial score (nSPS) is 10.7. The maximum absolute atomic E-state index is 11.7. The monoisotopic (exact) mass is 240 g/mol. The van der Waals surface area contributed by atoms with Gasteiger partial charge in [-0.1, -0.05) is 6.42 Å². The van der Waals surface area contributed by atoms with Gasteiger partial charge in [0.25, 0.3) is 0 Å². The van der Waals surface area contributed by atoms with Crippen molar-refractivity contribution >= 4 is 17.7 Å². The first-order chi connectivity index (χ1) is 7.13. The second-order valence-electron chi connectivity index (χ2n) is 3.19. The van der Waals surface area contributed by atoms with Gasteiger partial charge in [0.1, 0.15) is 6.61 Å². The standard InChI is InChI=1S/C10H18F2O2S/c1-9(13)14-6-8-15-7-4-2-3-5-10(11)12/h10H,2-8H2,1H3. The highest BCUT2D eigenvalue weighted by Crippen LogP contribution is 2.10. The van der Waals surface area contributed by atoms with Crippen LogP contribution in [0.25, 0.3) is 0 Å². The van der Waals surface area contributed by atoms with Crippen molar-refractivity contribution in [3.8, 4) is 0 Å². The molecule has 0 aromatic carbocycles. The maximum Gasteiger partial charge on any atom is 0.302 e. The van der Waals surface area contributed by atoms with Crippen LogP contribution in [0.2, 0.25) is 0 Å². The Bertz CT molecular complexity index is 166. The molecule has 0 radical (unpaired) electrons. The van der Waals surface area contributed by atoms with E-state index >= 15 is 0 Å².